The summed E-state index contributed by atoms with van der Waals surface area (Å²) in [4.78, 5) is 59.0. The summed E-state index contributed by atoms with van der Waals surface area (Å²) in [5.74, 6) is -2.86. The summed E-state index contributed by atoms with van der Waals surface area (Å²) in [5, 5.41) is 10.8. The van der Waals surface area contributed by atoms with E-state index in [0.29, 0.717) is 5.56 Å². The lowest BCUT2D eigenvalue weighted by Gasteiger charge is -2.30. The molecule has 3 aromatic rings. The molecule has 0 spiro atoms. The van der Waals surface area contributed by atoms with Crippen molar-refractivity contribution in [3.05, 3.63) is 93.5 Å². The fraction of sp³-hybridized carbons (Fsp3) is 0.290. The number of anilines is 2. The number of carbonyl (C=O) groups excluding carboxylic acids is 3. The Morgan fingerprint density at radius 2 is 1.28 bits per heavy atom. The molecule has 3 amide bonds. The molecule has 2 aliphatic heterocycles. The van der Waals surface area contributed by atoms with Crippen molar-refractivity contribution in [3.8, 4) is 0 Å². The molecule has 5 rings (SSSR count). The minimum absolute atomic E-state index is 0.0405. The van der Waals surface area contributed by atoms with Gasteiger partial charge in [-0.05, 0) is 63.9 Å². The van der Waals surface area contributed by atoms with Crippen LogP contribution in [0.5, 0.6) is 0 Å². The third-order valence-corrected chi connectivity index (χ3v) is 7.13. The number of carboxylic acid groups (broad SMARTS) is 1. The predicted molar refractivity (Wildman–Crippen MR) is 146 cm³/mol. The number of nitrogens with zero attached hydrogens (tertiary/aromatic N) is 2. The first-order chi connectivity index (χ1) is 18.2. The van der Waals surface area contributed by atoms with Crippen LogP contribution in [0.4, 0.5) is 11.4 Å². The summed E-state index contributed by atoms with van der Waals surface area (Å²) in [6, 6.07) is 14.7. The van der Waals surface area contributed by atoms with Crippen LogP contribution in [0.2, 0.25) is 0 Å². The number of rotatable bonds is 3. The Balaban J connectivity index is 1.55. The molecule has 0 unspecified atom stereocenters. The molecule has 1 N–H and O–H groups in total. The van der Waals surface area contributed by atoms with Crippen molar-refractivity contribution >= 4 is 35.1 Å². The van der Waals surface area contributed by atoms with E-state index in [0.717, 1.165) is 26.7 Å². The highest BCUT2D eigenvalue weighted by atomic mass is 16.7. The van der Waals surface area contributed by atoms with Gasteiger partial charge in [0.2, 0.25) is 0 Å². The summed E-state index contributed by atoms with van der Waals surface area (Å²) in [6.07, 6.45) is 0. The number of imide groups is 1. The van der Waals surface area contributed by atoms with E-state index >= 15 is 0 Å². The van der Waals surface area contributed by atoms with Gasteiger partial charge in [-0.2, -0.15) is 5.06 Å². The predicted octanol–water partition coefficient (Wildman–Crippen LogP) is 5.87. The largest absolute Gasteiger partial charge is 0.478 e. The molecular formula is C31H30N2O6. The van der Waals surface area contributed by atoms with Gasteiger partial charge in [0.15, 0.2) is 0 Å². The van der Waals surface area contributed by atoms with E-state index in [4.69, 9.17) is 4.84 Å². The van der Waals surface area contributed by atoms with Gasteiger partial charge in [-0.15, -0.1) is 0 Å². The molecule has 8 heteroatoms. The van der Waals surface area contributed by atoms with E-state index in [1.165, 1.54) is 18.2 Å². The van der Waals surface area contributed by atoms with Gasteiger partial charge < -0.3 is 5.11 Å². The zero-order chi connectivity index (χ0) is 28.4. The van der Waals surface area contributed by atoms with Crippen molar-refractivity contribution in [2.24, 2.45) is 0 Å². The Morgan fingerprint density at radius 1 is 0.718 bits per heavy atom. The van der Waals surface area contributed by atoms with Gasteiger partial charge in [0.1, 0.15) is 6.61 Å². The number of carboxylic acids is 1. The van der Waals surface area contributed by atoms with Gasteiger partial charge in [0.25, 0.3) is 17.7 Å². The van der Waals surface area contributed by atoms with Crippen LogP contribution in [0.3, 0.4) is 0 Å². The topological polar surface area (TPSA) is 104 Å². The van der Waals surface area contributed by atoms with Gasteiger partial charge in [0.05, 0.1) is 28.1 Å². The number of aromatic carboxylic acids is 1. The minimum Gasteiger partial charge on any atom is -0.478 e. The van der Waals surface area contributed by atoms with E-state index in [-0.39, 0.29) is 45.5 Å². The van der Waals surface area contributed by atoms with Crippen LogP contribution in [-0.2, 0) is 22.3 Å². The molecule has 0 saturated carbocycles. The van der Waals surface area contributed by atoms with Crippen molar-refractivity contribution in [3.63, 3.8) is 0 Å². The fourth-order valence-corrected chi connectivity index (χ4v) is 4.79. The van der Waals surface area contributed by atoms with Crippen LogP contribution in [-0.4, -0.2) is 28.8 Å². The molecule has 0 bridgehead atoms. The maximum absolute atomic E-state index is 13.4. The monoisotopic (exact) mass is 526 g/mol. The maximum Gasteiger partial charge on any atom is 0.335 e. The standard InChI is InChI=1S/C31H30N2O6/c1-30(2,3)19-7-9-23-18(11-19)16-39-33(28(23)36)22-13-17(29(37)38)12-21(15-22)32-26(34)24-10-8-20(31(4,5)6)14-25(24)27(32)35/h7-15H,16H2,1-6H3,(H,37,38). The van der Waals surface area contributed by atoms with Crippen molar-refractivity contribution in [1.29, 1.82) is 0 Å². The van der Waals surface area contributed by atoms with Gasteiger partial charge in [-0.25, -0.2) is 9.69 Å². The van der Waals surface area contributed by atoms with Crippen molar-refractivity contribution in [2.75, 3.05) is 9.96 Å². The van der Waals surface area contributed by atoms with Crippen LogP contribution < -0.4 is 9.96 Å². The van der Waals surface area contributed by atoms with Crippen LogP contribution in [0, 0.1) is 0 Å². The summed E-state index contributed by atoms with van der Waals surface area (Å²) in [5.41, 5.74) is 3.21. The van der Waals surface area contributed by atoms with Crippen LogP contribution in [0.1, 0.15) is 99.7 Å². The summed E-state index contributed by atoms with van der Waals surface area (Å²) < 4.78 is 0. The Kier molecular flexibility index (Phi) is 5.99. The number of carbonyl (C=O) groups is 4. The van der Waals surface area contributed by atoms with Crippen LogP contribution in [0.25, 0.3) is 0 Å². The minimum atomic E-state index is -1.27. The van der Waals surface area contributed by atoms with E-state index < -0.39 is 23.7 Å². The number of hydrogen-bond donors (Lipinski definition) is 1. The van der Waals surface area contributed by atoms with Crippen molar-refractivity contribution in [1.82, 2.24) is 0 Å². The molecule has 0 radical (unpaired) electrons. The Morgan fingerprint density at radius 3 is 1.90 bits per heavy atom. The molecule has 0 aromatic heterocycles. The van der Waals surface area contributed by atoms with Crippen molar-refractivity contribution < 1.29 is 29.1 Å². The second-order valence-electron chi connectivity index (χ2n) is 12.0. The van der Waals surface area contributed by atoms with E-state index in [9.17, 15) is 24.3 Å². The van der Waals surface area contributed by atoms with Gasteiger partial charge >= 0.3 is 5.97 Å². The molecule has 3 aromatic carbocycles. The third kappa shape index (κ3) is 4.51. The van der Waals surface area contributed by atoms with E-state index in [1.54, 1.807) is 18.2 Å². The summed E-state index contributed by atoms with van der Waals surface area (Å²) in [6.45, 7) is 12.4. The quantitative estimate of drug-likeness (QED) is 0.428. The zero-order valence-corrected chi connectivity index (χ0v) is 22.8. The lowest BCUT2D eigenvalue weighted by atomic mass is 9.85. The SMILES string of the molecule is CC(C)(C)c1ccc2c(c1)CON(c1cc(C(=O)O)cc(N3C(=O)c4ccc(C(C)(C)C)cc4C3=O)c1)C2=O. The lowest BCUT2D eigenvalue weighted by molar-refractivity contribution is 0.0528. The first-order valence-electron chi connectivity index (χ1n) is 12.7. The first kappa shape index (κ1) is 26.3. The van der Waals surface area contributed by atoms with Crippen LogP contribution in [0.15, 0.2) is 54.6 Å². The number of benzene rings is 3. The average molecular weight is 527 g/mol. The molecule has 0 aliphatic carbocycles. The molecule has 0 fully saturated rings. The molecule has 0 saturated heterocycles. The average Bonchev–Trinajstić information content (AvgIpc) is 3.12. The van der Waals surface area contributed by atoms with E-state index in [1.807, 2.05) is 39.0 Å². The van der Waals surface area contributed by atoms with Gasteiger partial charge in [-0.1, -0.05) is 59.7 Å². The lowest BCUT2D eigenvalue weighted by Crippen LogP contribution is -2.36. The highest BCUT2D eigenvalue weighted by Crippen LogP contribution is 2.36. The molecule has 200 valence electrons. The summed E-state index contributed by atoms with van der Waals surface area (Å²) >= 11 is 0. The second kappa shape index (κ2) is 8.88. The number of hydroxylamine groups is 1. The molecule has 8 nitrogen and oxygen atoms in total. The number of amides is 3. The number of fused-ring (bicyclic) bond motifs is 2. The molecule has 0 atom stereocenters. The maximum atomic E-state index is 13.4. The van der Waals surface area contributed by atoms with E-state index in [2.05, 4.69) is 20.8 Å². The molecule has 2 heterocycles. The fourth-order valence-electron chi connectivity index (χ4n) is 4.79. The number of hydrogen-bond acceptors (Lipinski definition) is 5. The van der Waals surface area contributed by atoms with Gasteiger partial charge in [0, 0.05) is 5.56 Å². The van der Waals surface area contributed by atoms with Crippen molar-refractivity contribution in [2.45, 2.75) is 59.0 Å². The third-order valence-electron chi connectivity index (χ3n) is 7.13. The smallest absolute Gasteiger partial charge is 0.335 e. The van der Waals surface area contributed by atoms with Crippen LogP contribution >= 0.6 is 0 Å². The Hall–Kier alpha value is -4.30. The first-order valence-corrected chi connectivity index (χ1v) is 12.7. The van der Waals surface area contributed by atoms with Gasteiger partial charge in [-0.3, -0.25) is 19.2 Å². The second-order valence-corrected chi connectivity index (χ2v) is 12.0. The Bertz CT molecular complexity index is 1570. The summed E-state index contributed by atoms with van der Waals surface area (Å²) in [7, 11) is 0. The zero-order valence-electron chi connectivity index (χ0n) is 22.8. The molecular weight excluding hydrogens is 496 g/mol. The molecule has 39 heavy (non-hydrogen) atoms. The highest BCUT2D eigenvalue weighted by Gasteiger charge is 2.39. The highest BCUT2D eigenvalue weighted by molar-refractivity contribution is 6.34. The Labute approximate surface area is 226 Å². The molecule has 2 aliphatic rings. The normalized spacial score (nSPS) is 15.5.